The second kappa shape index (κ2) is 5.08. The largest absolute Gasteiger partial charge is 0.495 e. The number of methoxy groups -OCH3 is 1. The Bertz CT molecular complexity index is 584. The van der Waals surface area contributed by atoms with Gasteiger partial charge in [0.05, 0.1) is 24.3 Å². The number of sulfone groups is 1. The minimum atomic E-state index is -2.99. The van der Waals surface area contributed by atoms with Gasteiger partial charge in [-0.3, -0.25) is 4.79 Å². The topological polar surface area (TPSA) is 89.7 Å². The van der Waals surface area contributed by atoms with Crippen LogP contribution in [0.5, 0.6) is 5.75 Å². The lowest BCUT2D eigenvalue weighted by Gasteiger charge is -2.26. The molecule has 1 fully saturated rings. The van der Waals surface area contributed by atoms with E-state index >= 15 is 0 Å². The highest BCUT2D eigenvalue weighted by atomic mass is 32.2. The maximum Gasteiger partial charge on any atom is 0.253 e. The first-order valence-electron chi connectivity index (χ1n) is 5.86. The van der Waals surface area contributed by atoms with Crippen LogP contribution in [0.1, 0.15) is 10.4 Å². The highest BCUT2D eigenvalue weighted by Crippen LogP contribution is 2.23. The van der Waals surface area contributed by atoms with Crippen molar-refractivity contribution in [2.75, 3.05) is 37.4 Å². The summed E-state index contributed by atoms with van der Waals surface area (Å²) in [4.78, 5) is 13.7. The van der Waals surface area contributed by atoms with Crippen LogP contribution in [-0.4, -0.2) is 50.9 Å². The Kier molecular flexibility index (Phi) is 3.66. The van der Waals surface area contributed by atoms with Gasteiger partial charge < -0.3 is 15.4 Å². The molecule has 1 saturated heterocycles. The number of anilines is 1. The molecule has 0 bridgehead atoms. The van der Waals surface area contributed by atoms with Gasteiger partial charge in [0.2, 0.25) is 0 Å². The van der Waals surface area contributed by atoms with E-state index < -0.39 is 9.84 Å². The van der Waals surface area contributed by atoms with E-state index in [9.17, 15) is 13.2 Å². The van der Waals surface area contributed by atoms with Crippen LogP contribution in [0.2, 0.25) is 0 Å². The number of carbonyl (C=O) groups excluding carboxylic acids is 1. The summed E-state index contributed by atoms with van der Waals surface area (Å²) in [6.07, 6.45) is 0. The molecule has 1 amide bonds. The summed E-state index contributed by atoms with van der Waals surface area (Å²) < 4.78 is 27.7. The summed E-state index contributed by atoms with van der Waals surface area (Å²) in [5.41, 5.74) is 6.58. The highest BCUT2D eigenvalue weighted by molar-refractivity contribution is 7.91. The summed E-state index contributed by atoms with van der Waals surface area (Å²) in [5.74, 6) is 0.344. The van der Waals surface area contributed by atoms with E-state index in [1.807, 2.05) is 0 Å². The molecular weight excluding hydrogens is 268 g/mol. The first-order chi connectivity index (χ1) is 8.93. The molecule has 1 aliphatic rings. The molecule has 0 atom stereocenters. The zero-order chi connectivity index (χ0) is 14.0. The molecule has 0 radical (unpaired) electrons. The van der Waals surface area contributed by atoms with E-state index in [1.165, 1.54) is 12.0 Å². The first kappa shape index (κ1) is 13.7. The monoisotopic (exact) mass is 284 g/mol. The second-order valence-electron chi connectivity index (χ2n) is 4.40. The summed E-state index contributed by atoms with van der Waals surface area (Å²) in [6.45, 7) is 0.459. The van der Waals surface area contributed by atoms with Crippen molar-refractivity contribution in [2.24, 2.45) is 0 Å². The van der Waals surface area contributed by atoms with E-state index in [4.69, 9.17) is 10.5 Å². The minimum absolute atomic E-state index is 0.0182. The fraction of sp³-hybridized carbons (Fsp3) is 0.417. The molecule has 0 saturated carbocycles. The van der Waals surface area contributed by atoms with Gasteiger partial charge in [0.15, 0.2) is 9.84 Å². The molecule has 2 rings (SSSR count). The van der Waals surface area contributed by atoms with Crippen LogP contribution in [0.4, 0.5) is 5.69 Å². The molecule has 1 aliphatic heterocycles. The third kappa shape index (κ3) is 2.98. The molecule has 0 aliphatic carbocycles. The van der Waals surface area contributed by atoms with Crippen molar-refractivity contribution in [3.05, 3.63) is 23.8 Å². The molecule has 6 nitrogen and oxygen atoms in total. The van der Waals surface area contributed by atoms with Crippen LogP contribution in [-0.2, 0) is 9.84 Å². The van der Waals surface area contributed by atoms with Crippen LogP contribution in [0, 0.1) is 0 Å². The smallest absolute Gasteiger partial charge is 0.253 e. The molecule has 104 valence electrons. The van der Waals surface area contributed by atoms with Gasteiger partial charge in [0.1, 0.15) is 5.75 Å². The number of ether oxygens (including phenoxy) is 1. The number of amides is 1. The Hall–Kier alpha value is -1.76. The van der Waals surface area contributed by atoms with Crippen molar-refractivity contribution in [3.8, 4) is 5.75 Å². The number of nitrogens with two attached hydrogens (primary N) is 1. The lowest BCUT2D eigenvalue weighted by atomic mass is 10.1. The Balaban J connectivity index is 2.14. The Morgan fingerprint density at radius 2 is 1.95 bits per heavy atom. The van der Waals surface area contributed by atoms with Crippen LogP contribution in [0.15, 0.2) is 18.2 Å². The normalized spacial score (nSPS) is 18.1. The Labute approximate surface area is 112 Å². The number of nitrogen functional groups attached to an aromatic ring is 1. The van der Waals surface area contributed by atoms with Crippen molar-refractivity contribution >= 4 is 21.4 Å². The Morgan fingerprint density at radius 3 is 2.47 bits per heavy atom. The van der Waals surface area contributed by atoms with Gasteiger partial charge >= 0.3 is 0 Å². The van der Waals surface area contributed by atoms with Gasteiger partial charge in [0.25, 0.3) is 5.91 Å². The predicted molar refractivity (Wildman–Crippen MR) is 72.0 cm³/mol. The average molecular weight is 284 g/mol. The summed E-state index contributed by atoms with van der Waals surface area (Å²) in [5, 5.41) is 0. The van der Waals surface area contributed by atoms with E-state index in [0.717, 1.165) is 0 Å². The summed E-state index contributed by atoms with van der Waals surface area (Å²) in [6, 6.07) is 4.80. The third-order valence-corrected chi connectivity index (χ3v) is 4.72. The lowest BCUT2D eigenvalue weighted by molar-refractivity contribution is 0.0770. The fourth-order valence-electron chi connectivity index (χ4n) is 1.97. The quantitative estimate of drug-likeness (QED) is 0.781. The lowest BCUT2D eigenvalue weighted by Crippen LogP contribution is -2.43. The van der Waals surface area contributed by atoms with Crippen molar-refractivity contribution in [1.29, 1.82) is 0 Å². The fourth-order valence-corrected chi connectivity index (χ4v) is 3.17. The number of hydrogen-bond acceptors (Lipinski definition) is 5. The average Bonchev–Trinajstić information content (AvgIpc) is 2.38. The SMILES string of the molecule is COc1ccc(C(=O)N2CCS(=O)(=O)CC2)cc1N. The van der Waals surface area contributed by atoms with Crippen LogP contribution >= 0.6 is 0 Å². The molecule has 0 unspecified atom stereocenters. The Morgan fingerprint density at radius 1 is 1.32 bits per heavy atom. The molecule has 19 heavy (non-hydrogen) atoms. The van der Waals surface area contributed by atoms with Gasteiger partial charge in [-0.15, -0.1) is 0 Å². The maximum atomic E-state index is 12.2. The first-order valence-corrected chi connectivity index (χ1v) is 7.68. The zero-order valence-electron chi connectivity index (χ0n) is 10.6. The maximum absolute atomic E-state index is 12.2. The molecule has 0 aromatic heterocycles. The molecular formula is C12H16N2O4S. The van der Waals surface area contributed by atoms with Crippen LogP contribution in [0.25, 0.3) is 0 Å². The van der Waals surface area contributed by atoms with Gasteiger partial charge in [-0.05, 0) is 18.2 Å². The third-order valence-electron chi connectivity index (χ3n) is 3.11. The molecule has 1 heterocycles. The number of benzene rings is 1. The standard InChI is InChI=1S/C12H16N2O4S/c1-18-11-3-2-9(8-10(11)13)12(15)14-4-6-19(16,17)7-5-14/h2-3,8H,4-7,13H2,1H3. The van der Waals surface area contributed by atoms with E-state index in [-0.39, 0.29) is 30.5 Å². The number of nitrogens with zero attached hydrogens (tertiary/aromatic N) is 1. The molecule has 1 aromatic carbocycles. The number of hydrogen-bond donors (Lipinski definition) is 1. The van der Waals surface area contributed by atoms with Crippen molar-refractivity contribution in [2.45, 2.75) is 0 Å². The van der Waals surface area contributed by atoms with E-state index in [2.05, 4.69) is 0 Å². The summed E-state index contributed by atoms with van der Waals surface area (Å²) >= 11 is 0. The van der Waals surface area contributed by atoms with Crippen LogP contribution in [0.3, 0.4) is 0 Å². The van der Waals surface area contributed by atoms with Crippen molar-refractivity contribution < 1.29 is 17.9 Å². The molecule has 7 heteroatoms. The van der Waals surface area contributed by atoms with Crippen LogP contribution < -0.4 is 10.5 Å². The van der Waals surface area contributed by atoms with E-state index in [0.29, 0.717) is 17.0 Å². The second-order valence-corrected chi connectivity index (χ2v) is 6.70. The number of rotatable bonds is 2. The van der Waals surface area contributed by atoms with Gasteiger partial charge in [-0.25, -0.2) is 8.42 Å². The summed E-state index contributed by atoms with van der Waals surface area (Å²) in [7, 11) is -1.49. The molecule has 0 spiro atoms. The van der Waals surface area contributed by atoms with Gasteiger partial charge in [0, 0.05) is 18.7 Å². The molecule has 1 aromatic rings. The number of carbonyl (C=O) groups is 1. The molecule has 2 N–H and O–H groups in total. The van der Waals surface area contributed by atoms with Gasteiger partial charge in [-0.1, -0.05) is 0 Å². The van der Waals surface area contributed by atoms with E-state index in [1.54, 1.807) is 18.2 Å². The van der Waals surface area contributed by atoms with Crippen molar-refractivity contribution in [1.82, 2.24) is 4.90 Å². The predicted octanol–water partition coefficient (Wildman–Crippen LogP) is 0.148. The highest BCUT2D eigenvalue weighted by Gasteiger charge is 2.25. The zero-order valence-corrected chi connectivity index (χ0v) is 11.4. The van der Waals surface area contributed by atoms with Crippen molar-refractivity contribution in [3.63, 3.8) is 0 Å². The van der Waals surface area contributed by atoms with Gasteiger partial charge in [-0.2, -0.15) is 0 Å². The minimum Gasteiger partial charge on any atom is -0.495 e.